The summed E-state index contributed by atoms with van der Waals surface area (Å²) >= 11 is 0. The maximum atomic E-state index is 4.34. The maximum Gasteiger partial charge on any atom is 0.191 e. The number of halogens is 1. The van der Waals surface area contributed by atoms with E-state index in [0.717, 1.165) is 12.5 Å². The Balaban J connectivity index is 0.00000288. The predicted molar refractivity (Wildman–Crippen MR) is 116 cm³/mol. The van der Waals surface area contributed by atoms with Gasteiger partial charge in [0.15, 0.2) is 5.96 Å². The third-order valence-corrected chi connectivity index (χ3v) is 4.49. The van der Waals surface area contributed by atoms with Crippen molar-refractivity contribution < 1.29 is 0 Å². The van der Waals surface area contributed by atoms with E-state index in [1.807, 2.05) is 7.05 Å². The molecule has 0 saturated carbocycles. The monoisotopic (exact) mass is 444 g/mol. The van der Waals surface area contributed by atoms with Crippen LogP contribution in [-0.4, -0.2) is 32.6 Å². The molecule has 2 rings (SSSR count). The van der Waals surface area contributed by atoms with Crippen molar-refractivity contribution in [1.29, 1.82) is 0 Å². The van der Waals surface area contributed by atoms with Gasteiger partial charge in [-0.1, -0.05) is 31.9 Å². The van der Waals surface area contributed by atoms with Crippen molar-refractivity contribution in [3.63, 3.8) is 0 Å². The molecule has 1 saturated heterocycles. The summed E-state index contributed by atoms with van der Waals surface area (Å²) in [5, 5.41) is 6.90. The highest BCUT2D eigenvalue weighted by Crippen LogP contribution is 2.23. The van der Waals surface area contributed by atoms with Gasteiger partial charge in [0.05, 0.1) is 6.04 Å². The Labute approximate surface area is 164 Å². The third kappa shape index (κ3) is 6.49. The molecule has 2 N–H and O–H groups in total. The van der Waals surface area contributed by atoms with Crippen LogP contribution < -0.4 is 15.5 Å². The second kappa shape index (κ2) is 11.6. The van der Waals surface area contributed by atoms with Crippen LogP contribution in [0.5, 0.6) is 0 Å². The summed E-state index contributed by atoms with van der Waals surface area (Å²) in [6, 6.07) is 9.14. The molecule has 1 aromatic carbocycles. The van der Waals surface area contributed by atoms with Gasteiger partial charge >= 0.3 is 0 Å². The standard InChI is InChI=1S/C19H32N4.HI/c1-4-5-6-12-21-19(20-3)22-16(2)17-10-9-11-18(15-17)23-13-7-8-14-23;/h9-11,15-16H,4-8,12-14H2,1-3H3,(H2,20,21,22);1H. The van der Waals surface area contributed by atoms with Gasteiger partial charge in [0.1, 0.15) is 0 Å². The normalized spacial score (nSPS) is 15.8. The van der Waals surface area contributed by atoms with Crippen LogP contribution in [0, 0.1) is 0 Å². The molecule has 1 fully saturated rings. The number of guanidine groups is 1. The molecule has 0 amide bonds. The van der Waals surface area contributed by atoms with Crippen LogP contribution in [-0.2, 0) is 0 Å². The first kappa shape index (κ1) is 21.1. The van der Waals surface area contributed by atoms with Crippen LogP contribution in [0.2, 0.25) is 0 Å². The van der Waals surface area contributed by atoms with E-state index in [0.29, 0.717) is 0 Å². The van der Waals surface area contributed by atoms with Crippen molar-refractivity contribution >= 4 is 35.6 Å². The average Bonchev–Trinajstić information content (AvgIpc) is 3.12. The Morgan fingerprint density at radius 3 is 2.67 bits per heavy atom. The first-order chi connectivity index (χ1) is 11.2. The molecular weight excluding hydrogens is 411 g/mol. The molecule has 1 aliphatic heterocycles. The van der Waals surface area contributed by atoms with Gasteiger partial charge in [-0.25, -0.2) is 0 Å². The number of aliphatic imine (C=N–C) groups is 1. The summed E-state index contributed by atoms with van der Waals surface area (Å²) < 4.78 is 0. The number of hydrogen-bond acceptors (Lipinski definition) is 2. The topological polar surface area (TPSA) is 39.7 Å². The second-order valence-corrected chi connectivity index (χ2v) is 6.36. The second-order valence-electron chi connectivity index (χ2n) is 6.36. The summed E-state index contributed by atoms with van der Waals surface area (Å²) in [5.41, 5.74) is 2.66. The highest BCUT2D eigenvalue weighted by molar-refractivity contribution is 14.0. The first-order valence-corrected chi connectivity index (χ1v) is 9.06. The molecular formula is C19H33IN4. The predicted octanol–water partition coefficient (Wildman–Crippen LogP) is 4.32. The molecule has 24 heavy (non-hydrogen) atoms. The Hall–Kier alpha value is -0.980. The van der Waals surface area contributed by atoms with E-state index in [1.165, 1.54) is 56.4 Å². The lowest BCUT2D eigenvalue weighted by Gasteiger charge is -2.22. The minimum atomic E-state index is 0. The van der Waals surface area contributed by atoms with Crippen LogP contribution >= 0.6 is 24.0 Å². The number of unbranched alkanes of at least 4 members (excludes halogenated alkanes) is 2. The summed E-state index contributed by atoms with van der Waals surface area (Å²) in [5.74, 6) is 0.889. The number of hydrogen-bond donors (Lipinski definition) is 2. The molecule has 136 valence electrons. The fraction of sp³-hybridized carbons (Fsp3) is 0.632. The van der Waals surface area contributed by atoms with Gasteiger partial charge in [0.2, 0.25) is 0 Å². The fourth-order valence-corrected chi connectivity index (χ4v) is 3.03. The van der Waals surface area contributed by atoms with Crippen molar-refractivity contribution in [3.05, 3.63) is 29.8 Å². The lowest BCUT2D eigenvalue weighted by molar-refractivity contribution is 0.654. The Bertz CT molecular complexity index is 498. The molecule has 0 bridgehead atoms. The number of benzene rings is 1. The van der Waals surface area contributed by atoms with E-state index >= 15 is 0 Å². The van der Waals surface area contributed by atoms with E-state index in [-0.39, 0.29) is 30.0 Å². The van der Waals surface area contributed by atoms with E-state index in [1.54, 1.807) is 0 Å². The van der Waals surface area contributed by atoms with E-state index < -0.39 is 0 Å². The van der Waals surface area contributed by atoms with Crippen molar-refractivity contribution in [2.75, 3.05) is 31.6 Å². The SMILES string of the molecule is CCCCCNC(=NC)NC(C)c1cccc(N2CCCC2)c1.I. The molecule has 0 radical (unpaired) electrons. The first-order valence-electron chi connectivity index (χ1n) is 9.06. The minimum Gasteiger partial charge on any atom is -0.372 e. The molecule has 1 aliphatic rings. The van der Waals surface area contributed by atoms with Crippen LogP contribution in [0.15, 0.2) is 29.3 Å². The van der Waals surface area contributed by atoms with Crippen LogP contribution in [0.3, 0.4) is 0 Å². The largest absolute Gasteiger partial charge is 0.372 e. The van der Waals surface area contributed by atoms with Crippen LogP contribution in [0.1, 0.15) is 57.6 Å². The Kier molecular flexibility index (Phi) is 10.1. The summed E-state index contributed by atoms with van der Waals surface area (Å²) in [6.45, 7) is 7.77. The highest BCUT2D eigenvalue weighted by Gasteiger charge is 2.14. The quantitative estimate of drug-likeness (QED) is 0.285. The Morgan fingerprint density at radius 2 is 2.00 bits per heavy atom. The van der Waals surface area contributed by atoms with Gasteiger partial charge in [0.25, 0.3) is 0 Å². The van der Waals surface area contributed by atoms with Crippen molar-refractivity contribution in [2.45, 2.75) is 52.0 Å². The van der Waals surface area contributed by atoms with Crippen molar-refractivity contribution in [1.82, 2.24) is 10.6 Å². The molecule has 0 spiro atoms. The Morgan fingerprint density at radius 1 is 1.25 bits per heavy atom. The van der Waals surface area contributed by atoms with Crippen LogP contribution in [0.25, 0.3) is 0 Å². The van der Waals surface area contributed by atoms with Gasteiger partial charge in [-0.2, -0.15) is 0 Å². The van der Waals surface area contributed by atoms with E-state index in [4.69, 9.17) is 0 Å². The molecule has 0 aromatic heterocycles. The van der Waals surface area contributed by atoms with Crippen LogP contribution in [0.4, 0.5) is 5.69 Å². The van der Waals surface area contributed by atoms with Crippen molar-refractivity contribution in [2.24, 2.45) is 4.99 Å². The zero-order valence-electron chi connectivity index (χ0n) is 15.3. The highest BCUT2D eigenvalue weighted by atomic mass is 127. The smallest absolute Gasteiger partial charge is 0.191 e. The number of anilines is 1. The van der Waals surface area contributed by atoms with Gasteiger partial charge in [-0.05, 0) is 43.9 Å². The number of nitrogens with one attached hydrogen (secondary N) is 2. The van der Waals surface area contributed by atoms with Gasteiger partial charge in [0, 0.05) is 32.4 Å². The molecule has 4 nitrogen and oxygen atoms in total. The number of nitrogens with zero attached hydrogens (tertiary/aromatic N) is 2. The number of rotatable bonds is 7. The molecule has 1 unspecified atom stereocenters. The lowest BCUT2D eigenvalue weighted by Crippen LogP contribution is -2.39. The average molecular weight is 444 g/mol. The van der Waals surface area contributed by atoms with Gasteiger partial charge < -0.3 is 15.5 Å². The lowest BCUT2D eigenvalue weighted by atomic mass is 10.1. The van der Waals surface area contributed by atoms with Gasteiger partial charge in [-0.15, -0.1) is 24.0 Å². The van der Waals surface area contributed by atoms with Crippen molar-refractivity contribution in [3.8, 4) is 0 Å². The molecule has 1 heterocycles. The zero-order valence-corrected chi connectivity index (χ0v) is 17.7. The van der Waals surface area contributed by atoms with E-state index in [2.05, 4.69) is 58.6 Å². The minimum absolute atomic E-state index is 0. The maximum absolute atomic E-state index is 4.34. The van der Waals surface area contributed by atoms with Gasteiger partial charge in [-0.3, -0.25) is 4.99 Å². The zero-order chi connectivity index (χ0) is 16.5. The fourth-order valence-electron chi connectivity index (χ4n) is 3.03. The molecule has 5 heteroatoms. The van der Waals surface area contributed by atoms with E-state index in [9.17, 15) is 0 Å². The molecule has 1 aromatic rings. The molecule has 0 aliphatic carbocycles. The summed E-state index contributed by atoms with van der Waals surface area (Å²) in [6.07, 6.45) is 6.32. The molecule has 1 atom stereocenters. The summed E-state index contributed by atoms with van der Waals surface area (Å²) in [4.78, 5) is 6.82. The summed E-state index contributed by atoms with van der Waals surface area (Å²) in [7, 11) is 1.84. The third-order valence-electron chi connectivity index (χ3n) is 4.49.